The summed E-state index contributed by atoms with van der Waals surface area (Å²) in [4.78, 5) is 18.8. The number of para-hydroxylation sites is 1. The predicted octanol–water partition coefficient (Wildman–Crippen LogP) is 4.06. The number of carboxylic acids is 1. The van der Waals surface area contributed by atoms with Crippen molar-refractivity contribution in [3.05, 3.63) is 76.7 Å². The Labute approximate surface area is 150 Å². The summed E-state index contributed by atoms with van der Waals surface area (Å²) < 4.78 is 13.2. The van der Waals surface area contributed by atoms with Gasteiger partial charge in [0.25, 0.3) is 0 Å². The third-order valence-corrected chi connectivity index (χ3v) is 4.59. The number of aromatic nitrogens is 1. The highest BCUT2D eigenvalue weighted by Gasteiger charge is 2.26. The minimum absolute atomic E-state index is 0.286. The number of carboxylic acid groups (broad SMARTS) is 1. The van der Waals surface area contributed by atoms with Crippen molar-refractivity contribution in [3.8, 4) is 0 Å². The summed E-state index contributed by atoms with van der Waals surface area (Å²) in [5.41, 5.74) is 4.19. The molecule has 0 saturated heterocycles. The molecular formula is C21H17FN2O2. The Morgan fingerprint density at radius 1 is 1.15 bits per heavy atom. The number of aromatic carboxylic acids is 1. The van der Waals surface area contributed by atoms with E-state index in [0.717, 1.165) is 16.7 Å². The number of halogens is 1. The maximum atomic E-state index is 13.2. The average Bonchev–Trinajstić information content (AvgIpc) is 2.61. The summed E-state index contributed by atoms with van der Waals surface area (Å²) in [5.74, 6) is -1.23. The minimum Gasteiger partial charge on any atom is -0.478 e. The first-order valence-corrected chi connectivity index (χ1v) is 8.33. The molecule has 4 rings (SSSR count). The monoisotopic (exact) mass is 348 g/mol. The van der Waals surface area contributed by atoms with E-state index in [1.54, 1.807) is 18.2 Å². The normalized spacial score (nSPS) is 16.0. The second kappa shape index (κ2) is 6.35. The first-order chi connectivity index (χ1) is 12.5. The van der Waals surface area contributed by atoms with Crippen molar-refractivity contribution in [1.82, 2.24) is 9.88 Å². The van der Waals surface area contributed by atoms with Crippen molar-refractivity contribution in [2.75, 3.05) is 13.6 Å². The summed E-state index contributed by atoms with van der Waals surface area (Å²) >= 11 is 0. The molecule has 0 amide bonds. The van der Waals surface area contributed by atoms with Crippen molar-refractivity contribution in [2.24, 2.45) is 0 Å². The van der Waals surface area contributed by atoms with Gasteiger partial charge in [-0.15, -0.1) is 0 Å². The van der Waals surface area contributed by atoms with Crippen LogP contribution >= 0.6 is 0 Å². The zero-order valence-electron chi connectivity index (χ0n) is 14.2. The molecule has 3 aromatic rings. The fourth-order valence-electron chi connectivity index (χ4n) is 3.48. The Morgan fingerprint density at radius 3 is 2.62 bits per heavy atom. The number of hydrogen-bond donors (Lipinski definition) is 1. The van der Waals surface area contributed by atoms with Gasteiger partial charge in [0.2, 0.25) is 0 Å². The number of likely N-dealkylation sites (N-methyl/N-ethyl adjacent to an activating group) is 1. The van der Waals surface area contributed by atoms with Gasteiger partial charge in [0.1, 0.15) is 5.82 Å². The predicted molar refractivity (Wildman–Crippen MR) is 99.3 cm³/mol. The molecule has 1 aromatic heterocycles. The van der Waals surface area contributed by atoms with Crippen LogP contribution in [0.4, 0.5) is 4.39 Å². The van der Waals surface area contributed by atoms with E-state index in [2.05, 4.69) is 4.90 Å². The molecule has 130 valence electrons. The van der Waals surface area contributed by atoms with Crippen LogP contribution in [0, 0.1) is 5.82 Å². The largest absolute Gasteiger partial charge is 0.478 e. The van der Waals surface area contributed by atoms with Crippen molar-refractivity contribution < 1.29 is 14.3 Å². The lowest BCUT2D eigenvalue weighted by Crippen LogP contribution is -2.28. The van der Waals surface area contributed by atoms with E-state index >= 15 is 0 Å². The van der Waals surface area contributed by atoms with Gasteiger partial charge in [-0.25, -0.2) is 14.2 Å². The van der Waals surface area contributed by atoms with Gasteiger partial charge in [0.15, 0.2) is 0 Å². The summed E-state index contributed by atoms with van der Waals surface area (Å²) in [7, 11) is 1.95. The molecule has 1 N–H and O–H groups in total. The molecular weight excluding hydrogens is 331 g/mol. The standard InChI is InChI=1S/C21H17FN2O2/c1-24-11-14(10-13-6-8-15(22)9-7-13)20-17(12-24)19(21(25)26)16-4-2-3-5-18(16)23-20/h2-10H,11-12H2,1H3,(H,25,26)/b14-10+. The zero-order valence-corrected chi connectivity index (χ0v) is 14.2. The van der Waals surface area contributed by atoms with Gasteiger partial charge < -0.3 is 5.11 Å². The second-order valence-corrected chi connectivity index (χ2v) is 6.53. The van der Waals surface area contributed by atoms with Crippen LogP contribution in [0.5, 0.6) is 0 Å². The van der Waals surface area contributed by atoms with Crippen LogP contribution in [0.15, 0.2) is 48.5 Å². The molecule has 0 atom stereocenters. The Morgan fingerprint density at radius 2 is 1.88 bits per heavy atom. The number of benzene rings is 2. The third-order valence-electron chi connectivity index (χ3n) is 4.59. The Hall–Kier alpha value is -3.05. The first kappa shape index (κ1) is 16.4. The van der Waals surface area contributed by atoms with Crippen LogP contribution in [0.1, 0.15) is 27.2 Å². The van der Waals surface area contributed by atoms with Crippen LogP contribution in [0.2, 0.25) is 0 Å². The van der Waals surface area contributed by atoms with Crippen LogP contribution in [0.25, 0.3) is 22.6 Å². The number of rotatable bonds is 2. The van der Waals surface area contributed by atoms with Gasteiger partial charge in [-0.2, -0.15) is 0 Å². The minimum atomic E-state index is -0.948. The van der Waals surface area contributed by atoms with Crippen LogP contribution in [-0.2, 0) is 6.54 Å². The quantitative estimate of drug-likeness (QED) is 0.759. The van der Waals surface area contributed by atoms with Gasteiger partial charge in [0.05, 0.1) is 16.8 Å². The van der Waals surface area contributed by atoms with Crippen molar-refractivity contribution in [2.45, 2.75) is 6.54 Å². The molecule has 1 aliphatic heterocycles. The van der Waals surface area contributed by atoms with Crippen molar-refractivity contribution >= 4 is 28.5 Å². The summed E-state index contributed by atoms with van der Waals surface area (Å²) in [6, 6.07) is 13.5. The lowest BCUT2D eigenvalue weighted by atomic mass is 9.92. The number of hydrogen-bond acceptors (Lipinski definition) is 3. The molecule has 0 fully saturated rings. The maximum absolute atomic E-state index is 13.2. The van der Waals surface area contributed by atoms with Gasteiger partial charge in [-0.3, -0.25) is 4.90 Å². The Balaban J connectivity index is 1.97. The third kappa shape index (κ3) is 2.86. The fraction of sp³-hybridized carbons (Fsp3) is 0.143. The lowest BCUT2D eigenvalue weighted by Gasteiger charge is -2.28. The smallest absolute Gasteiger partial charge is 0.336 e. The van der Waals surface area contributed by atoms with Gasteiger partial charge in [-0.05, 0) is 42.5 Å². The summed E-state index contributed by atoms with van der Waals surface area (Å²) in [6.07, 6.45) is 1.95. The highest BCUT2D eigenvalue weighted by atomic mass is 19.1. The molecule has 0 bridgehead atoms. The molecule has 5 heteroatoms. The number of fused-ring (bicyclic) bond motifs is 2. The van der Waals surface area contributed by atoms with Crippen molar-refractivity contribution in [1.29, 1.82) is 0 Å². The first-order valence-electron chi connectivity index (χ1n) is 8.33. The van der Waals surface area contributed by atoms with Gasteiger partial charge in [0, 0.05) is 24.0 Å². The highest BCUT2D eigenvalue weighted by molar-refractivity contribution is 6.05. The molecule has 1 aliphatic rings. The molecule has 0 spiro atoms. The van der Waals surface area contributed by atoms with Crippen molar-refractivity contribution in [3.63, 3.8) is 0 Å². The second-order valence-electron chi connectivity index (χ2n) is 6.53. The van der Waals surface area contributed by atoms with Crippen LogP contribution in [-0.4, -0.2) is 34.6 Å². The molecule has 4 nitrogen and oxygen atoms in total. The van der Waals surface area contributed by atoms with E-state index in [1.807, 2.05) is 31.3 Å². The maximum Gasteiger partial charge on any atom is 0.336 e. The number of carbonyl (C=O) groups is 1. The average molecular weight is 348 g/mol. The van der Waals surface area contributed by atoms with E-state index < -0.39 is 5.97 Å². The topological polar surface area (TPSA) is 53.4 Å². The summed E-state index contributed by atoms with van der Waals surface area (Å²) in [5, 5.41) is 10.5. The zero-order chi connectivity index (χ0) is 18.3. The molecule has 0 saturated carbocycles. The van der Waals surface area contributed by atoms with E-state index in [-0.39, 0.29) is 5.82 Å². The van der Waals surface area contributed by atoms with Gasteiger partial charge >= 0.3 is 5.97 Å². The summed E-state index contributed by atoms with van der Waals surface area (Å²) in [6.45, 7) is 1.17. The van der Waals surface area contributed by atoms with Gasteiger partial charge in [-0.1, -0.05) is 30.3 Å². The Kier molecular flexibility index (Phi) is 4.01. The lowest BCUT2D eigenvalue weighted by molar-refractivity contribution is 0.0696. The van der Waals surface area contributed by atoms with E-state index in [9.17, 15) is 14.3 Å². The fourth-order valence-corrected chi connectivity index (χ4v) is 3.48. The van der Waals surface area contributed by atoms with E-state index in [1.165, 1.54) is 12.1 Å². The van der Waals surface area contributed by atoms with Crippen LogP contribution in [0.3, 0.4) is 0 Å². The molecule has 0 unspecified atom stereocenters. The SMILES string of the molecule is CN1C/C(=C\c2ccc(F)cc2)c2nc3ccccc3c(C(=O)O)c2C1. The molecule has 0 radical (unpaired) electrons. The number of nitrogens with zero attached hydrogens (tertiary/aromatic N) is 2. The highest BCUT2D eigenvalue weighted by Crippen LogP contribution is 2.33. The number of pyridine rings is 1. The molecule has 0 aliphatic carbocycles. The molecule has 2 aromatic carbocycles. The molecule has 2 heterocycles. The van der Waals surface area contributed by atoms with E-state index in [4.69, 9.17) is 4.98 Å². The Bertz CT molecular complexity index is 1040. The van der Waals surface area contributed by atoms with Crippen LogP contribution < -0.4 is 0 Å². The van der Waals surface area contributed by atoms with E-state index in [0.29, 0.717) is 35.2 Å². The molecule has 26 heavy (non-hydrogen) atoms.